The van der Waals surface area contributed by atoms with Crippen molar-refractivity contribution in [1.82, 2.24) is 5.32 Å². The Morgan fingerprint density at radius 3 is 1.00 bits per heavy atom. The largest absolute Gasteiger partial charge is 0.394 e. The Bertz CT molecular complexity index is 923. The van der Waals surface area contributed by atoms with Gasteiger partial charge in [-0.05, 0) is 70.6 Å². The van der Waals surface area contributed by atoms with Crippen molar-refractivity contribution in [3.05, 3.63) is 48.6 Å². The van der Waals surface area contributed by atoms with E-state index in [0.717, 1.165) is 38.5 Å². The normalized spacial score (nSPS) is 13.2. The van der Waals surface area contributed by atoms with E-state index < -0.39 is 12.1 Å². The molecule has 0 fully saturated rings. The highest BCUT2D eigenvalue weighted by Gasteiger charge is 2.17. The molecular formula is C54H101NO3. The summed E-state index contributed by atoms with van der Waals surface area (Å²) in [6.45, 7) is 4.29. The van der Waals surface area contributed by atoms with Crippen LogP contribution < -0.4 is 5.32 Å². The minimum atomic E-state index is -0.869. The molecule has 0 rings (SSSR count). The summed E-state index contributed by atoms with van der Waals surface area (Å²) >= 11 is 0. The van der Waals surface area contributed by atoms with Gasteiger partial charge < -0.3 is 15.5 Å². The molecule has 0 saturated heterocycles. The molecule has 340 valence electrons. The molecule has 0 aliphatic heterocycles. The number of aliphatic hydroxyl groups is 2. The van der Waals surface area contributed by atoms with Gasteiger partial charge in [0.1, 0.15) is 0 Å². The van der Waals surface area contributed by atoms with Crippen LogP contribution in [0.1, 0.15) is 271 Å². The van der Waals surface area contributed by atoms with Gasteiger partial charge in [-0.2, -0.15) is 0 Å². The molecular weight excluding hydrogens is 711 g/mol. The summed E-state index contributed by atoms with van der Waals surface area (Å²) in [6, 6.07) is -0.644. The molecule has 0 aromatic rings. The zero-order valence-electron chi connectivity index (χ0n) is 39.1. The van der Waals surface area contributed by atoms with Crippen LogP contribution in [-0.2, 0) is 4.79 Å². The fourth-order valence-corrected chi connectivity index (χ4v) is 7.79. The average molecular weight is 812 g/mol. The van der Waals surface area contributed by atoms with Crippen LogP contribution in [0.4, 0.5) is 0 Å². The molecule has 3 N–H and O–H groups in total. The van der Waals surface area contributed by atoms with E-state index >= 15 is 0 Å². The molecule has 0 radical (unpaired) electrons. The predicted molar refractivity (Wildman–Crippen MR) is 258 cm³/mol. The Morgan fingerprint density at radius 1 is 0.397 bits per heavy atom. The highest BCUT2D eigenvalue weighted by Crippen LogP contribution is 2.16. The van der Waals surface area contributed by atoms with E-state index in [1.54, 1.807) is 6.08 Å². The standard InChI is InChI=1S/C54H101NO3/c1-3-5-7-9-11-13-15-17-19-20-21-22-23-24-25-26-27-28-29-30-31-32-33-34-36-38-40-42-44-46-48-50-54(58)55-52(51-56)53(57)49-47-45-43-41-39-37-35-18-16-14-12-10-8-6-4-2/h16,18,20-21,39,41,47,49,52-53,56-57H,3-15,17,19,22-38,40,42-46,48,50-51H2,1-2H3,(H,55,58)/b18-16+,21-20-,41-39+,49-47+. The first-order valence-electron chi connectivity index (χ1n) is 25.9. The maximum atomic E-state index is 12.4. The number of carbonyl (C=O) groups is 1. The number of nitrogens with one attached hydrogen (secondary N) is 1. The molecule has 1 amide bonds. The van der Waals surface area contributed by atoms with E-state index in [1.165, 1.54) is 212 Å². The number of hydrogen-bond acceptors (Lipinski definition) is 3. The second kappa shape index (κ2) is 49.7. The summed E-state index contributed by atoms with van der Waals surface area (Å²) in [7, 11) is 0. The van der Waals surface area contributed by atoms with E-state index in [9.17, 15) is 15.0 Å². The summed E-state index contributed by atoms with van der Waals surface area (Å²) < 4.78 is 0. The van der Waals surface area contributed by atoms with Crippen molar-refractivity contribution in [1.29, 1.82) is 0 Å². The summed E-state index contributed by atoms with van der Waals surface area (Å²) in [4.78, 5) is 12.4. The third kappa shape index (κ3) is 45.4. The van der Waals surface area contributed by atoms with Crippen LogP contribution in [0.15, 0.2) is 48.6 Å². The SMILES string of the molecule is CCCCCCC/C=C/CC/C=C/CC/C=C/C(O)C(CO)NC(=O)CCCCCCCCCCCCCCCCCCCCC/C=C\CCCCCCCCCC. The molecule has 0 bridgehead atoms. The first kappa shape index (κ1) is 56.4. The highest BCUT2D eigenvalue weighted by molar-refractivity contribution is 5.76. The number of unbranched alkanes of at least 4 members (excludes halogenated alkanes) is 34. The van der Waals surface area contributed by atoms with Crippen molar-refractivity contribution in [3.63, 3.8) is 0 Å². The van der Waals surface area contributed by atoms with Gasteiger partial charge >= 0.3 is 0 Å². The van der Waals surface area contributed by atoms with Crippen molar-refractivity contribution >= 4 is 5.91 Å². The third-order valence-electron chi connectivity index (χ3n) is 11.8. The number of allylic oxidation sites excluding steroid dienone is 7. The molecule has 2 unspecified atom stereocenters. The Hall–Kier alpha value is -1.65. The third-order valence-corrected chi connectivity index (χ3v) is 11.8. The molecule has 0 spiro atoms. The molecule has 58 heavy (non-hydrogen) atoms. The minimum Gasteiger partial charge on any atom is -0.394 e. The van der Waals surface area contributed by atoms with Crippen molar-refractivity contribution in [2.24, 2.45) is 0 Å². The molecule has 0 aliphatic carbocycles. The zero-order valence-corrected chi connectivity index (χ0v) is 39.1. The number of amides is 1. The Balaban J connectivity index is 3.48. The van der Waals surface area contributed by atoms with E-state index in [1.807, 2.05) is 6.08 Å². The second-order valence-corrected chi connectivity index (χ2v) is 17.6. The molecule has 0 aromatic heterocycles. The molecule has 4 heteroatoms. The first-order valence-corrected chi connectivity index (χ1v) is 25.9. The fraction of sp³-hybridized carbons (Fsp3) is 0.833. The van der Waals surface area contributed by atoms with Crippen LogP contribution in [0, 0.1) is 0 Å². The van der Waals surface area contributed by atoms with Crippen molar-refractivity contribution in [3.8, 4) is 0 Å². The van der Waals surface area contributed by atoms with Gasteiger partial charge in [-0.1, -0.05) is 242 Å². The Kier molecular flexibility index (Phi) is 48.3. The van der Waals surface area contributed by atoms with Gasteiger partial charge in [-0.25, -0.2) is 0 Å². The van der Waals surface area contributed by atoms with E-state index in [-0.39, 0.29) is 12.5 Å². The maximum Gasteiger partial charge on any atom is 0.220 e. The van der Waals surface area contributed by atoms with Crippen LogP contribution in [0.3, 0.4) is 0 Å². The quantitative estimate of drug-likeness (QED) is 0.0423. The van der Waals surface area contributed by atoms with Crippen molar-refractivity contribution in [2.75, 3.05) is 6.61 Å². The lowest BCUT2D eigenvalue weighted by Gasteiger charge is -2.19. The second-order valence-electron chi connectivity index (χ2n) is 17.6. The van der Waals surface area contributed by atoms with Crippen LogP contribution in [0.25, 0.3) is 0 Å². The van der Waals surface area contributed by atoms with E-state index in [0.29, 0.717) is 6.42 Å². The Morgan fingerprint density at radius 2 is 0.672 bits per heavy atom. The average Bonchev–Trinajstić information content (AvgIpc) is 3.23. The lowest BCUT2D eigenvalue weighted by Crippen LogP contribution is -2.45. The Labute approximate surface area is 363 Å². The van der Waals surface area contributed by atoms with Crippen molar-refractivity contribution < 1.29 is 15.0 Å². The maximum absolute atomic E-state index is 12.4. The molecule has 0 saturated carbocycles. The van der Waals surface area contributed by atoms with Gasteiger partial charge in [0.2, 0.25) is 5.91 Å². The van der Waals surface area contributed by atoms with Gasteiger partial charge in [0.15, 0.2) is 0 Å². The number of hydrogen-bond donors (Lipinski definition) is 3. The zero-order chi connectivity index (χ0) is 42.1. The smallest absolute Gasteiger partial charge is 0.220 e. The monoisotopic (exact) mass is 812 g/mol. The van der Waals surface area contributed by atoms with Crippen molar-refractivity contribution in [2.45, 2.75) is 283 Å². The lowest BCUT2D eigenvalue weighted by molar-refractivity contribution is -0.123. The molecule has 2 atom stereocenters. The van der Waals surface area contributed by atoms with Crippen LogP contribution in [-0.4, -0.2) is 34.9 Å². The van der Waals surface area contributed by atoms with Gasteiger partial charge in [-0.3, -0.25) is 4.79 Å². The topological polar surface area (TPSA) is 69.6 Å². The molecule has 0 aromatic carbocycles. The summed E-state index contributed by atoms with van der Waals surface area (Å²) in [5, 5.41) is 23.0. The van der Waals surface area contributed by atoms with E-state index in [4.69, 9.17) is 0 Å². The number of rotatable bonds is 47. The predicted octanol–water partition coefficient (Wildman–Crippen LogP) is 16.7. The molecule has 0 aliphatic rings. The van der Waals surface area contributed by atoms with Crippen LogP contribution >= 0.6 is 0 Å². The lowest BCUT2D eigenvalue weighted by atomic mass is 10.0. The molecule has 0 heterocycles. The number of aliphatic hydroxyl groups excluding tert-OH is 2. The van der Waals surface area contributed by atoms with Gasteiger partial charge in [-0.15, -0.1) is 0 Å². The summed E-state index contributed by atoms with van der Waals surface area (Å²) in [5.74, 6) is -0.0755. The van der Waals surface area contributed by atoms with Crippen LogP contribution in [0.2, 0.25) is 0 Å². The first-order chi connectivity index (χ1) is 28.7. The summed E-state index contributed by atoms with van der Waals surface area (Å²) in [5.41, 5.74) is 0. The molecule has 4 nitrogen and oxygen atoms in total. The fourth-order valence-electron chi connectivity index (χ4n) is 7.79. The highest BCUT2D eigenvalue weighted by atomic mass is 16.3. The van der Waals surface area contributed by atoms with Gasteiger partial charge in [0.05, 0.1) is 18.8 Å². The number of carbonyl (C=O) groups excluding carboxylic acids is 1. The van der Waals surface area contributed by atoms with Gasteiger partial charge in [0.25, 0.3) is 0 Å². The van der Waals surface area contributed by atoms with E-state index in [2.05, 4.69) is 55.6 Å². The minimum absolute atomic E-state index is 0.0755. The van der Waals surface area contributed by atoms with Gasteiger partial charge in [0, 0.05) is 6.42 Å². The van der Waals surface area contributed by atoms with Crippen LogP contribution in [0.5, 0.6) is 0 Å². The summed E-state index contributed by atoms with van der Waals surface area (Å²) in [6.07, 6.45) is 68.3.